The van der Waals surface area contributed by atoms with Gasteiger partial charge in [0.05, 0.1) is 0 Å². The zero-order valence-electron chi connectivity index (χ0n) is 7.94. The molecule has 3 N–H and O–H groups in total. The molecule has 0 atom stereocenters. The maximum absolute atomic E-state index is 7.24. The lowest BCUT2D eigenvalue weighted by Gasteiger charge is -2.28. The second kappa shape index (κ2) is 3.60. The lowest BCUT2D eigenvalue weighted by Crippen LogP contribution is -2.41. The summed E-state index contributed by atoms with van der Waals surface area (Å²) in [7, 11) is 0. The lowest BCUT2D eigenvalue weighted by molar-refractivity contribution is 0.279. The Labute approximate surface area is 69.1 Å². The highest BCUT2D eigenvalue weighted by Gasteiger charge is 2.15. The van der Waals surface area contributed by atoms with Gasteiger partial charge in [-0.3, -0.25) is 5.41 Å². The van der Waals surface area contributed by atoms with E-state index in [0.717, 1.165) is 13.1 Å². The van der Waals surface area contributed by atoms with Crippen molar-refractivity contribution in [2.75, 3.05) is 13.1 Å². The molecule has 0 aromatic carbocycles. The molecule has 0 unspecified atom stereocenters. The van der Waals surface area contributed by atoms with E-state index in [0.29, 0.717) is 0 Å². The first-order valence-electron chi connectivity index (χ1n) is 3.96. The maximum atomic E-state index is 7.24. The van der Waals surface area contributed by atoms with Crippen LogP contribution in [0.4, 0.5) is 0 Å². The highest BCUT2D eigenvalue weighted by molar-refractivity contribution is 5.74. The van der Waals surface area contributed by atoms with Gasteiger partial charge in [-0.1, -0.05) is 20.8 Å². The van der Waals surface area contributed by atoms with E-state index in [1.165, 1.54) is 0 Å². The van der Waals surface area contributed by atoms with Crippen LogP contribution in [-0.2, 0) is 0 Å². The lowest BCUT2D eigenvalue weighted by atomic mass is 9.96. The average Bonchev–Trinajstić information content (AvgIpc) is 1.80. The van der Waals surface area contributed by atoms with Crippen LogP contribution in [0.25, 0.3) is 0 Å². The molecule has 0 heterocycles. The average molecular weight is 157 g/mol. The van der Waals surface area contributed by atoms with Crippen molar-refractivity contribution in [3.05, 3.63) is 0 Å². The number of hydrogen-bond donors (Lipinski definition) is 2. The number of nitrogens with one attached hydrogen (secondary N) is 1. The number of guanidine groups is 1. The Hall–Kier alpha value is -0.730. The van der Waals surface area contributed by atoms with Crippen LogP contribution in [-0.4, -0.2) is 23.9 Å². The summed E-state index contributed by atoms with van der Waals surface area (Å²) in [5.41, 5.74) is 5.57. The Morgan fingerprint density at radius 3 is 2.00 bits per heavy atom. The Bertz CT molecular complexity index is 135. The van der Waals surface area contributed by atoms with Gasteiger partial charge >= 0.3 is 0 Å². The minimum Gasteiger partial charge on any atom is -0.370 e. The molecule has 0 spiro atoms. The summed E-state index contributed by atoms with van der Waals surface area (Å²) in [6.45, 7) is 10.1. The SMILES string of the molecule is CCN(CC(C)(C)C)C(=N)N. The second-order valence-corrected chi connectivity index (χ2v) is 3.96. The molecule has 0 radical (unpaired) electrons. The van der Waals surface area contributed by atoms with Gasteiger partial charge in [-0.25, -0.2) is 0 Å². The van der Waals surface area contributed by atoms with E-state index in [2.05, 4.69) is 20.8 Å². The van der Waals surface area contributed by atoms with E-state index in [1.807, 2.05) is 11.8 Å². The minimum absolute atomic E-state index is 0.169. The summed E-state index contributed by atoms with van der Waals surface area (Å²) in [4.78, 5) is 1.86. The van der Waals surface area contributed by atoms with Crippen LogP contribution in [0.15, 0.2) is 0 Å². The summed E-state index contributed by atoms with van der Waals surface area (Å²) >= 11 is 0. The van der Waals surface area contributed by atoms with Crippen LogP contribution in [0.3, 0.4) is 0 Å². The molecule has 11 heavy (non-hydrogen) atoms. The fraction of sp³-hybridized carbons (Fsp3) is 0.875. The van der Waals surface area contributed by atoms with Crippen molar-refractivity contribution in [3.63, 3.8) is 0 Å². The fourth-order valence-electron chi connectivity index (χ4n) is 0.940. The summed E-state index contributed by atoms with van der Waals surface area (Å²) in [6, 6.07) is 0. The molecule has 3 nitrogen and oxygen atoms in total. The summed E-state index contributed by atoms with van der Waals surface area (Å²) < 4.78 is 0. The third-order valence-corrected chi connectivity index (χ3v) is 1.39. The van der Waals surface area contributed by atoms with Crippen molar-refractivity contribution < 1.29 is 0 Å². The Balaban J connectivity index is 3.99. The Kier molecular flexibility index (Phi) is 3.36. The molecule has 0 amide bonds. The van der Waals surface area contributed by atoms with Crippen LogP contribution < -0.4 is 5.73 Å². The van der Waals surface area contributed by atoms with Gasteiger partial charge in [-0.2, -0.15) is 0 Å². The van der Waals surface area contributed by atoms with E-state index >= 15 is 0 Å². The molecule has 0 saturated heterocycles. The number of nitrogens with two attached hydrogens (primary N) is 1. The van der Waals surface area contributed by atoms with Gasteiger partial charge in [0.2, 0.25) is 0 Å². The van der Waals surface area contributed by atoms with Crippen molar-refractivity contribution in [2.45, 2.75) is 27.7 Å². The second-order valence-electron chi connectivity index (χ2n) is 3.96. The minimum atomic E-state index is 0.169. The maximum Gasteiger partial charge on any atom is 0.188 e. The van der Waals surface area contributed by atoms with Crippen LogP contribution in [0.2, 0.25) is 0 Å². The Morgan fingerprint density at radius 2 is 1.91 bits per heavy atom. The standard InChI is InChI=1S/C8H19N3/c1-5-11(7(9)10)6-8(2,3)4/h5-6H2,1-4H3,(H3,9,10). The van der Waals surface area contributed by atoms with Gasteiger partial charge in [-0.05, 0) is 12.3 Å². The molecule has 0 aliphatic carbocycles. The highest BCUT2D eigenvalue weighted by atomic mass is 15.2. The van der Waals surface area contributed by atoms with Crippen LogP contribution in [0, 0.1) is 10.8 Å². The van der Waals surface area contributed by atoms with Crippen molar-refractivity contribution in [1.29, 1.82) is 5.41 Å². The third kappa shape index (κ3) is 4.65. The first kappa shape index (κ1) is 10.3. The molecule has 0 aliphatic rings. The normalized spacial score (nSPS) is 11.3. The molecular weight excluding hydrogens is 138 g/mol. The van der Waals surface area contributed by atoms with Crippen molar-refractivity contribution >= 4 is 5.96 Å². The van der Waals surface area contributed by atoms with E-state index < -0.39 is 0 Å². The largest absolute Gasteiger partial charge is 0.370 e. The quantitative estimate of drug-likeness (QED) is 0.468. The third-order valence-electron chi connectivity index (χ3n) is 1.39. The Morgan fingerprint density at radius 1 is 1.45 bits per heavy atom. The van der Waals surface area contributed by atoms with E-state index in [4.69, 9.17) is 11.1 Å². The molecular formula is C8H19N3. The van der Waals surface area contributed by atoms with Crippen molar-refractivity contribution in [2.24, 2.45) is 11.1 Å². The molecule has 0 aromatic heterocycles. The molecule has 0 fully saturated rings. The molecule has 0 aromatic rings. The van der Waals surface area contributed by atoms with Gasteiger partial charge in [0, 0.05) is 13.1 Å². The molecule has 0 saturated carbocycles. The molecule has 3 heteroatoms. The van der Waals surface area contributed by atoms with Gasteiger partial charge in [-0.15, -0.1) is 0 Å². The molecule has 0 aliphatic heterocycles. The van der Waals surface area contributed by atoms with Crippen LogP contribution in [0.5, 0.6) is 0 Å². The first-order chi connectivity index (χ1) is 4.87. The topological polar surface area (TPSA) is 53.1 Å². The zero-order valence-corrected chi connectivity index (χ0v) is 7.94. The van der Waals surface area contributed by atoms with Crippen LogP contribution >= 0.6 is 0 Å². The van der Waals surface area contributed by atoms with Crippen molar-refractivity contribution in [3.8, 4) is 0 Å². The van der Waals surface area contributed by atoms with E-state index in [9.17, 15) is 0 Å². The summed E-state index contributed by atoms with van der Waals surface area (Å²) in [5, 5.41) is 7.24. The smallest absolute Gasteiger partial charge is 0.188 e. The predicted octanol–water partition coefficient (Wildman–Crippen LogP) is 1.25. The highest BCUT2D eigenvalue weighted by Crippen LogP contribution is 2.14. The number of rotatable bonds is 2. The van der Waals surface area contributed by atoms with Gasteiger partial charge in [0.1, 0.15) is 0 Å². The number of hydrogen-bond acceptors (Lipinski definition) is 1. The van der Waals surface area contributed by atoms with Crippen LogP contribution in [0.1, 0.15) is 27.7 Å². The fourth-order valence-corrected chi connectivity index (χ4v) is 0.940. The molecule has 0 bridgehead atoms. The van der Waals surface area contributed by atoms with E-state index in [1.54, 1.807) is 0 Å². The summed E-state index contributed by atoms with van der Waals surface area (Å²) in [5.74, 6) is 0.169. The first-order valence-corrected chi connectivity index (χ1v) is 3.96. The summed E-state index contributed by atoms with van der Waals surface area (Å²) in [6.07, 6.45) is 0. The van der Waals surface area contributed by atoms with Gasteiger partial charge in [0.15, 0.2) is 5.96 Å². The molecule has 0 rings (SSSR count). The van der Waals surface area contributed by atoms with Gasteiger partial charge in [0.25, 0.3) is 0 Å². The zero-order chi connectivity index (χ0) is 9.07. The predicted molar refractivity (Wildman–Crippen MR) is 48.6 cm³/mol. The van der Waals surface area contributed by atoms with Gasteiger partial charge < -0.3 is 10.6 Å². The van der Waals surface area contributed by atoms with E-state index in [-0.39, 0.29) is 11.4 Å². The number of nitrogens with zero attached hydrogens (tertiary/aromatic N) is 1. The van der Waals surface area contributed by atoms with Crippen molar-refractivity contribution in [1.82, 2.24) is 4.90 Å². The monoisotopic (exact) mass is 157 g/mol. The molecule has 66 valence electrons.